The van der Waals surface area contributed by atoms with Crippen molar-refractivity contribution >= 4 is 0 Å². The van der Waals surface area contributed by atoms with Gasteiger partial charge in [0.05, 0.1) is 12.7 Å². The van der Waals surface area contributed by atoms with E-state index in [9.17, 15) is 5.11 Å². The van der Waals surface area contributed by atoms with Gasteiger partial charge in [-0.3, -0.25) is 0 Å². The molecule has 1 aromatic carbocycles. The molecule has 3 rings (SSSR count). The molecule has 1 aliphatic carbocycles. The number of aryl methyl sites for hydroxylation is 1. The van der Waals surface area contributed by atoms with Crippen molar-refractivity contribution < 1.29 is 9.84 Å². The largest absolute Gasteiger partial charge is 0.493 e. The first-order valence-corrected chi connectivity index (χ1v) is 6.29. The minimum atomic E-state index is -0.169. The van der Waals surface area contributed by atoms with E-state index in [1.54, 1.807) is 0 Å². The van der Waals surface area contributed by atoms with Crippen LogP contribution in [0.15, 0.2) is 18.2 Å². The summed E-state index contributed by atoms with van der Waals surface area (Å²) < 4.78 is 5.80. The van der Waals surface area contributed by atoms with Crippen LogP contribution in [-0.4, -0.2) is 17.8 Å². The van der Waals surface area contributed by atoms with Crippen LogP contribution in [0.1, 0.15) is 42.7 Å². The van der Waals surface area contributed by atoms with Crippen molar-refractivity contribution in [1.82, 2.24) is 0 Å². The molecule has 1 heterocycles. The minimum Gasteiger partial charge on any atom is -0.493 e. The molecule has 2 unspecified atom stereocenters. The van der Waals surface area contributed by atoms with Crippen molar-refractivity contribution in [2.24, 2.45) is 0 Å². The first-order chi connectivity index (χ1) is 7.86. The second kappa shape index (κ2) is 4.10. The van der Waals surface area contributed by atoms with Gasteiger partial charge in [-0.2, -0.15) is 0 Å². The molecular weight excluding hydrogens is 200 g/mol. The van der Waals surface area contributed by atoms with Gasteiger partial charge in [0.25, 0.3) is 0 Å². The first-order valence-electron chi connectivity index (χ1n) is 6.29. The van der Waals surface area contributed by atoms with Crippen LogP contribution in [0.2, 0.25) is 0 Å². The highest BCUT2D eigenvalue weighted by Gasteiger charge is 2.30. The highest BCUT2D eigenvalue weighted by Crippen LogP contribution is 2.41. The molecule has 1 fully saturated rings. The van der Waals surface area contributed by atoms with E-state index < -0.39 is 0 Å². The Morgan fingerprint density at radius 1 is 1.19 bits per heavy atom. The molecule has 0 saturated heterocycles. The second-order valence-corrected chi connectivity index (χ2v) is 4.89. The Morgan fingerprint density at radius 2 is 2.12 bits per heavy atom. The zero-order valence-electron chi connectivity index (χ0n) is 9.48. The third-order valence-electron chi connectivity index (χ3n) is 3.84. The van der Waals surface area contributed by atoms with Gasteiger partial charge >= 0.3 is 0 Å². The van der Waals surface area contributed by atoms with Gasteiger partial charge < -0.3 is 9.84 Å². The Hall–Kier alpha value is -1.02. The van der Waals surface area contributed by atoms with Crippen LogP contribution in [-0.2, 0) is 6.42 Å². The van der Waals surface area contributed by atoms with Crippen molar-refractivity contribution in [3.63, 3.8) is 0 Å². The highest BCUT2D eigenvalue weighted by molar-refractivity contribution is 5.45. The highest BCUT2D eigenvalue weighted by atomic mass is 16.5. The Morgan fingerprint density at radius 3 is 2.94 bits per heavy atom. The van der Waals surface area contributed by atoms with E-state index in [-0.39, 0.29) is 6.10 Å². The average molecular weight is 218 g/mol. The fourth-order valence-electron chi connectivity index (χ4n) is 3.01. The van der Waals surface area contributed by atoms with Gasteiger partial charge in [-0.25, -0.2) is 0 Å². The van der Waals surface area contributed by atoms with E-state index in [0.29, 0.717) is 5.92 Å². The van der Waals surface area contributed by atoms with Crippen molar-refractivity contribution in [1.29, 1.82) is 0 Å². The van der Waals surface area contributed by atoms with E-state index in [1.165, 1.54) is 11.1 Å². The van der Waals surface area contributed by atoms with Gasteiger partial charge in [0.2, 0.25) is 0 Å². The normalized spacial score (nSPS) is 28.6. The summed E-state index contributed by atoms with van der Waals surface area (Å²) in [4.78, 5) is 0. The van der Waals surface area contributed by atoms with Gasteiger partial charge in [0, 0.05) is 11.5 Å². The molecule has 2 nitrogen and oxygen atoms in total. The first kappa shape index (κ1) is 10.2. The van der Waals surface area contributed by atoms with E-state index in [0.717, 1.165) is 44.5 Å². The molecule has 0 spiro atoms. The fourth-order valence-corrected chi connectivity index (χ4v) is 3.01. The Labute approximate surface area is 96.2 Å². The van der Waals surface area contributed by atoms with Gasteiger partial charge in [-0.05, 0) is 31.2 Å². The van der Waals surface area contributed by atoms with E-state index in [2.05, 4.69) is 18.2 Å². The molecule has 86 valence electrons. The lowest BCUT2D eigenvalue weighted by Crippen LogP contribution is -2.16. The SMILES string of the molecule is OC1CCCC1c1cccc2c1OCCC2. The molecule has 1 aromatic rings. The summed E-state index contributed by atoms with van der Waals surface area (Å²) in [6.07, 6.45) is 5.23. The summed E-state index contributed by atoms with van der Waals surface area (Å²) >= 11 is 0. The molecule has 0 radical (unpaired) electrons. The molecule has 0 aromatic heterocycles. The lowest BCUT2D eigenvalue weighted by Gasteiger charge is -2.24. The number of hydrogen-bond acceptors (Lipinski definition) is 2. The molecule has 2 aliphatic rings. The van der Waals surface area contributed by atoms with Crippen molar-refractivity contribution in [2.45, 2.75) is 44.1 Å². The van der Waals surface area contributed by atoms with Crippen LogP contribution in [0.4, 0.5) is 0 Å². The predicted octanol–water partition coefficient (Wildman–Crippen LogP) is 2.64. The zero-order valence-corrected chi connectivity index (χ0v) is 9.48. The molecule has 16 heavy (non-hydrogen) atoms. The minimum absolute atomic E-state index is 0.169. The number of ether oxygens (including phenoxy) is 1. The number of aliphatic hydroxyl groups excluding tert-OH is 1. The fraction of sp³-hybridized carbons (Fsp3) is 0.571. The third kappa shape index (κ3) is 1.61. The van der Waals surface area contributed by atoms with E-state index in [4.69, 9.17) is 4.74 Å². The quantitative estimate of drug-likeness (QED) is 0.785. The summed E-state index contributed by atoms with van der Waals surface area (Å²) in [6, 6.07) is 6.39. The van der Waals surface area contributed by atoms with Crippen LogP contribution in [0.3, 0.4) is 0 Å². The number of benzene rings is 1. The Bertz CT molecular complexity index is 386. The lowest BCUT2D eigenvalue weighted by atomic mass is 9.91. The maximum absolute atomic E-state index is 9.99. The summed E-state index contributed by atoms with van der Waals surface area (Å²) in [6.45, 7) is 0.826. The summed E-state index contributed by atoms with van der Waals surface area (Å²) in [5, 5.41) is 9.99. The molecule has 2 heteroatoms. The lowest BCUT2D eigenvalue weighted by molar-refractivity contribution is 0.161. The molecule has 1 aliphatic heterocycles. The monoisotopic (exact) mass is 218 g/mol. The number of para-hydroxylation sites is 1. The number of aliphatic hydroxyl groups is 1. The van der Waals surface area contributed by atoms with E-state index >= 15 is 0 Å². The Kier molecular flexibility index (Phi) is 2.60. The summed E-state index contributed by atoms with van der Waals surface area (Å²) in [5.74, 6) is 1.37. The average Bonchev–Trinajstić information content (AvgIpc) is 2.75. The number of fused-ring (bicyclic) bond motifs is 1. The van der Waals surface area contributed by atoms with Crippen LogP contribution in [0.25, 0.3) is 0 Å². The molecule has 0 bridgehead atoms. The topological polar surface area (TPSA) is 29.5 Å². The van der Waals surface area contributed by atoms with Gasteiger partial charge in [0.1, 0.15) is 5.75 Å². The summed E-state index contributed by atoms with van der Waals surface area (Å²) in [7, 11) is 0. The van der Waals surface area contributed by atoms with Gasteiger partial charge in [-0.15, -0.1) is 0 Å². The number of hydrogen-bond donors (Lipinski definition) is 1. The molecule has 0 amide bonds. The van der Waals surface area contributed by atoms with Gasteiger partial charge in [-0.1, -0.05) is 24.6 Å². The van der Waals surface area contributed by atoms with Crippen LogP contribution < -0.4 is 4.74 Å². The summed E-state index contributed by atoms with van der Waals surface area (Å²) in [5.41, 5.74) is 2.56. The van der Waals surface area contributed by atoms with Crippen LogP contribution >= 0.6 is 0 Å². The van der Waals surface area contributed by atoms with Crippen LogP contribution in [0, 0.1) is 0 Å². The molecule has 1 saturated carbocycles. The second-order valence-electron chi connectivity index (χ2n) is 4.89. The zero-order chi connectivity index (χ0) is 11.0. The van der Waals surface area contributed by atoms with Crippen molar-refractivity contribution in [3.8, 4) is 5.75 Å². The molecule has 2 atom stereocenters. The van der Waals surface area contributed by atoms with Gasteiger partial charge in [0.15, 0.2) is 0 Å². The van der Waals surface area contributed by atoms with E-state index in [1.807, 2.05) is 0 Å². The van der Waals surface area contributed by atoms with Crippen molar-refractivity contribution in [3.05, 3.63) is 29.3 Å². The Balaban J connectivity index is 2.00. The molecule has 1 N–H and O–H groups in total. The third-order valence-corrected chi connectivity index (χ3v) is 3.84. The maximum Gasteiger partial charge on any atom is 0.126 e. The number of rotatable bonds is 1. The smallest absolute Gasteiger partial charge is 0.126 e. The van der Waals surface area contributed by atoms with Crippen molar-refractivity contribution in [2.75, 3.05) is 6.61 Å². The predicted molar refractivity (Wildman–Crippen MR) is 62.9 cm³/mol. The van der Waals surface area contributed by atoms with Crippen LogP contribution in [0.5, 0.6) is 5.75 Å². The molecular formula is C14H18O2. The standard InChI is InChI=1S/C14H18O2/c15-13-8-2-6-11(13)12-7-1-4-10-5-3-9-16-14(10)12/h1,4,7,11,13,15H,2-3,5-6,8-9H2. The maximum atomic E-state index is 9.99.